The monoisotopic (exact) mass is 332 g/mol. The van der Waals surface area contributed by atoms with Gasteiger partial charge in [-0.25, -0.2) is 0 Å². The first-order valence-electron chi connectivity index (χ1n) is 8.48. The van der Waals surface area contributed by atoms with Gasteiger partial charge >= 0.3 is 0 Å². The summed E-state index contributed by atoms with van der Waals surface area (Å²) in [7, 11) is 1.65. The van der Waals surface area contributed by atoms with E-state index >= 15 is 0 Å². The van der Waals surface area contributed by atoms with Crippen LogP contribution in [0, 0.1) is 0 Å². The summed E-state index contributed by atoms with van der Waals surface area (Å²) >= 11 is 0. The summed E-state index contributed by atoms with van der Waals surface area (Å²) in [6.45, 7) is 18.8. The van der Waals surface area contributed by atoms with Crippen LogP contribution in [0.4, 0.5) is 0 Å². The third-order valence-corrected chi connectivity index (χ3v) is 4.07. The molecule has 0 saturated carbocycles. The molecule has 0 radical (unpaired) electrons. The Balaban J connectivity index is 3.02. The van der Waals surface area contributed by atoms with E-state index in [0.717, 1.165) is 35.5 Å². The van der Waals surface area contributed by atoms with E-state index in [9.17, 15) is 0 Å². The third-order valence-electron chi connectivity index (χ3n) is 4.07. The van der Waals surface area contributed by atoms with Crippen LogP contribution >= 0.6 is 0 Å². The molecule has 0 saturated heterocycles. The number of ether oxygens (including phenoxy) is 3. The highest BCUT2D eigenvalue weighted by Gasteiger charge is 2.26. The Hall–Kier alpha value is -1.74. The van der Waals surface area contributed by atoms with Crippen molar-refractivity contribution in [1.29, 1.82) is 0 Å². The van der Waals surface area contributed by atoms with Crippen molar-refractivity contribution in [2.75, 3.05) is 13.7 Å². The molecule has 0 bridgehead atoms. The fourth-order valence-electron chi connectivity index (χ4n) is 2.31. The fourth-order valence-corrected chi connectivity index (χ4v) is 2.31. The minimum Gasteiger partial charge on any atom is -0.496 e. The minimum atomic E-state index is -0.309. The van der Waals surface area contributed by atoms with Crippen molar-refractivity contribution in [2.24, 2.45) is 0 Å². The van der Waals surface area contributed by atoms with E-state index in [-0.39, 0.29) is 11.2 Å². The molecular formula is C21H32O3. The first-order valence-corrected chi connectivity index (χ1v) is 8.48. The van der Waals surface area contributed by atoms with E-state index in [0.29, 0.717) is 6.61 Å². The second-order valence-corrected chi connectivity index (χ2v) is 7.16. The third kappa shape index (κ3) is 5.72. The molecule has 3 heteroatoms. The van der Waals surface area contributed by atoms with Crippen molar-refractivity contribution in [3.63, 3.8) is 0 Å². The van der Waals surface area contributed by atoms with Gasteiger partial charge < -0.3 is 14.2 Å². The highest BCUT2D eigenvalue weighted by atomic mass is 16.5. The van der Waals surface area contributed by atoms with Crippen LogP contribution in [0.5, 0.6) is 11.5 Å². The second kappa shape index (κ2) is 8.39. The maximum Gasteiger partial charge on any atom is 0.128 e. The van der Waals surface area contributed by atoms with Crippen molar-refractivity contribution >= 4 is 12.2 Å². The van der Waals surface area contributed by atoms with Gasteiger partial charge in [0.15, 0.2) is 0 Å². The summed E-state index contributed by atoms with van der Waals surface area (Å²) < 4.78 is 17.6. The van der Waals surface area contributed by atoms with E-state index in [2.05, 4.69) is 47.8 Å². The zero-order valence-electron chi connectivity index (χ0n) is 16.1. The quantitative estimate of drug-likeness (QED) is 0.577. The summed E-state index contributed by atoms with van der Waals surface area (Å²) in [5, 5.41) is 0. The van der Waals surface area contributed by atoms with Gasteiger partial charge in [0, 0.05) is 17.5 Å². The lowest BCUT2D eigenvalue weighted by atomic mass is 9.98. The largest absolute Gasteiger partial charge is 0.496 e. The van der Waals surface area contributed by atoms with Crippen LogP contribution in [0.15, 0.2) is 25.3 Å². The van der Waals surface area contributed by atoms with Gasteiger partial charge in [0.05, 0.1) is 19.3 Å². The van der Waals surface area contributed by atoms with Gasteiger partial charge in [0.1, 0.15) is 17.1 Å². The Morgan fingerprint density at radius 3 is 2.00 bits per heavy atom. The molecule has 1 aromatic rings. The van der Waals surface area contributed by atoms with Crippen molar-refractivity contribution in [3.05, 3.63) is 36.4 Å². The predicted octanol–water partition coefficient (Wildman–Crippen LogP) is 5.73. The highest BCUT2D eigenvalue weighted by Crippen LogP contribution is 2.34. The van der Waals surface area contributed by atoms with Crippen LogP contribution in [0.3, 0.4) is 0 Å². The van der Waals surface area contributed by atoms with Gasteiger partial charge in [-0.15, -0.1) is 0 Å². The van der Waals surface area contributed by atoms with Crippen LogP contribution in [0.2, 0.25) is 0 Å². The van der Waals surface area contributed by atoms with Gasteiger partial charge in [-0.1, -0.05) is 32.2 Å². The summed E-state index contributed by atoms with van der Waals surface area (Å²) in [6.07, 6.45) is 5.25. The highest BCUT2D eigenvalue weighted by molar-refractivity contribution is 5.66. The normalized spacial score (nSPS) is 13.9. The molecule has 3 nitrogen and oxygen atoms in total. The first-order chi connectivity index (χ1) is 11.2. The zero-order chi connectivity index (χ0) is 18.4. The van der Waals surface area contributed by atoms with Gasteiger partial charge in [-0.05, 0) is 46.2 Å². The molecule has 0 aromatic heterocycles. The molecule has 0 aliphatic carbocycles. The number of hydrogen-bond donors (Lipinski definition) is 0. The summed E-state index contributed by atoms with van der Waals surface area (Å²) in [5.74, 6) is 1.56. The molecular weight excluding hydrogens is 300 g/mol. The van der Waals surface area contributed by atoms with Gasteiger partial charge in [0.2, 0.25) is 0 Å². The average Bonchev–Trinajstić information content (AvgIpc) is 2.53. The molecule has 1 aromatic carbocycles. The molecule has 1 atom stereocenters. The zero-order valence-corrected chi connectivity index (χ0v) is 16.1. The second-order valence-electron chi connectivity index (χ2n) is 7.16. The topological polar surface area (TPSA) is 27.7 Å². The molecule has 1 unspecified atom stereocenters. The standard InChI is InChI=1S/C21H32O3/c1-9-16-15-19(17(10-2)14-18(16)22-8)24-21(7,11-3)12-13-23-20(4,5)6/h9-10,14-15H,1-2,11-13H2,3-8H3. The van der Waals surface area contributed by atoms with Crippen LogP contribution < -0.4 is 9.47 Å². The smallest absolute Gasteiger partial charge is 0.128 e. The Kier molecular flexibility index (Phi) is 7.09. The lowest BCUT2D eigenvalue weighted by Crippen LogP contribution is -2.34. The number of benzene rings is 1. The van der Waals surface area contributed by atoms with Gasteiger partial charge in [0.25, 0.3) is 0 Å². The molecule has 0 heterocycles. The summed E-state index contributed by atoms with van der Waals surface area (Å²) in [4.78, 5) is 0. The molecule has 24 heavy (non-hydrogen) atoms. The van der Waals surface area contributed by atoms with Crippen LogP contribution in [0.1, 0.15) is 58.6 Å². The molecule has 0 aliphatic heterocycles. The van der Waals surface area contributed by atoms with E-state index in [1.807, 2.05) is 12.1 Å². The number of methoxy groups -OCH3 is 1. The maximum atomic E-state index is 6.38. The van der Waals surface area contributed by atoms with Crippen LogP contribution in [-0.2, 0) is 4.74 Å². The lowest BCUT2D eigenvalue weighted by molar-refractivity contribution is -0.0344. The summed E-state index contributed by atoms with van der Waals surface area (Å²) in [5.41, 5.74) is 1.36. The van der Waals surface area contributed by atoms with Crippen molar-refractivity contribution in [2.45, 2.75) is 58.7 Å². The first kappa shape index (κ1) is 20.3. The molecule has 0 amide bonds. The van der Waals surface area contributed by atoms with E-state index in [1.54, 1.807) is 19.3 Å². The predicted molar refractivity (Wildman–Crippen MR) is 103 cm³/mol. The lowest BCUT2D eigenvalue weighted by Gasteiger charge is -2.32. The minimum absolute atomic E-state index is 0.142. The molecule has 1 rings (SSSR count). The Morgan fingerprint density at radius 1 is 1.00 bits per heavy atom. The number of rotatable bonds is 9. The fraction of sp³-hybridized carbons (Fsp3) is 0.524. The molecule has 0 N–H and O–H groups in total. The molecule has 0 aliphatic rings. The maximum absolute atomic E-state index is 6.38. The SMILES string of the molecule is C=Cc1cc(OC(C)(CC)CCOC(C)(C)C)c(C=C)cc1OC. The van der Waals surface area contributed by atoms with Gasteiger partial charge in [-0.3, -0.25) is 0 Å². The molecule has 0 spiro atoms. The summed E-state index contributed by atoms with van der Waals surface area (Å²) in [6, 6.07) is 3.89. The Morgan fingerprint density at radius 2 is 1.54 bits per heavy atom. The van der Waals surface area contributed by atoms with E-state index in [1.165, 1.54) is 0 Å². The van der Waals surface area contributed by atoms with Crippen molar-refractivity contribution < 1.29 is 14.2 Å². The van der Waals surface area contributed by atoms with Crippen molar-refractivity contribution in [3.8, 4) is 11.5 Å². The van der Waals surface area contributed by atoms with Crippen molar-refractivity contribution in [1.82, 2.24) is 0 Å². The van der Waals surface area contributed by atoms with Gasteiger partial charge in [-0.2, -0.15) is 0 Å². The average molecular weight is 332 g/mol. The van der Waals surface area contributed by atoms with Crippen LogP contribution in [-0.4, -0.2) is 24.9 Å². The Labute approximate surface area is 147 Å². The van der Waals surface area contributed by atoms with Crippen LogP contribution in [0.25, 0.3) is 12.2 Å². The molecule has 0 fully saturated rings. The Bertz CT molecular complexity index is 569. The van der Waals surface area contributed by atoms with E-state index < -0.39 is 0 Å². The van der Waals surface area contributed by atoms with E-state index in [4.69, 9.17) is 14.2 Å². The number of hydrogen-bond acceptors (Lipinski definition) is 3. The molecule has 134 valence electrons.